The lowest BCUT2D eigenvalue weighted by Crippen LogP contribution is -2.48. The summed E-state index contributed by atoms with van der Waals surface area (Å²) in [5.74, 6) is 0.549. The largest absolute Gasteiger partial charge is 0.373 e. The van der Waals surface area contributed by atoms with Gasteiger partial charge in [0.25, 0.3) is 0 Å². The Morgan fingerprint density at radius 3 is 2.44 bits per heavy atom. The van der Waals surface area contributed by atoms with Crippen LogP contribution in [0.2, 0.25) is 0 Å². The van der Waals surface area contributed by atoms with Gasteiger partial charge in [-0.15, -0.1) is 30.8 Å². The summed E-state index contributed by atoms with van der Waals surface area (Å²) in [6.07, 6.45) is 15.9. The quantitative estimate of drug-likeness (QED) is 0.255. The van der Waals surface area contributed by atoms with Gasteiger partial charge in [-0.1, -0.05) is 25.2 Å². The predicted molar refractivity (Wildman–Crippen MR) is 119 cm³/mol. The van der Waals surface area contributed by atoms with Crippen LogP contribution in [0, 0.1) is 25.2 Å². The highest BCUT2D eigenvalue weighted by Gasteiger charge is 2.21. The molecule has 5 nitrogen and oxygen atoms in total. The number of allylic oxidation sites excluding steroid dienone is 2. The summed E-state index contributed by atoms with van der Waals surface area (Å²) in [5.41, 5.74) is 0.960. The molecular formula is C21H32N4OS. The van der Waals surface area contributed by atoms with Crippen LogP contribution in [0.4, 0.5) is 5.00 Å². The van der Waals surface area contributed by atoms with Crippen molar-refractivity contribution in [2.24, 2.45) is 0 Å². The first kappa shape index (κ1) is 24.5. The maximum absolute atomic E-state index is 10.7. The Morgan fingerprint density at radius 2 is 1.96 bits per heavy atom. The minimum Gasteiger partial charge on any atom is -0.373 e. The Balaban J connectivity index is 0.000000998. The van der Waals surface area contributed by atoms with Crippen molar-refractivity contribution in [1.29, 1.82) is 5.41 Å². The van der Waals surface area contributed by atoms with Gasteiger partial charge in [-0.25, -0.2) is 0 Å². The topological polar surface area (TPSA) is 59.4 Å². The van der Waals surface area contributed by atoms with E-state index in [9.17, 15) is 4.79 Å². The zero-order chi connectivity index (χ0) is 20.7. The summed E-state index contributed by atoms with van der Waals surface area (Å²) in [6, 6.07) is 2.07. The molecule has 0 spiro atoms. The van der Waals surface area contributed by atoms with E-state index in [2.05, 4.69) is 50.7 Å². The third-order valence-corrected chi connectivity index (χ3v) is 4.80. The molecule has 2 N–H and O–H groups in total. The van der Waals surface area contributed by atoms with Crippen molar-refractivity contribution in [1.82, 2.24) is 9.80 Å². The van der Waals surface area contributed by atoms with Crippen LogP contribution in [0.15, 0.2) is 30.9 Å². The molecule has 1 fully saturated rings. The number of piperazine rings is 1. The summed E-state index contributed by atoms with van der Waals surface area (Å²) in [7, 11) is 0. The number of amides is 1. The monoisotopic (exact) mass is 388 g/mol. The van der Waals surface area contributed by atoms with Crippen molar-refractivity contribution < 1.29 is 4.79 Å². The van der Waals surface area contributed by atoms with Crippen molar-refractivity contribution in [3.8, 4) is 12.8 Å². The van der Waals surface area contributed by atoms with Gasteiger partial charge in [0.1, 0.15) is 5.84 Å². The number of hydrogen-bond acceptors (Lipinski definition) is 4. The van der Waals surface area contributed by atoms with Crippen LogP contribution in [0.5, 0.6) is 0 Å². The highest BCUT2D eigenvalue weighted by Crippen LogP contribution is 2.28. The minimum atomic E-state index is 0.549. The highest BCUT2D eigenvalue weighted by atomic mass is 32.1. The van der Waals surface area contributed by atoms with E-state index in [0.717, 1.165) is 43.0 Å². The van der Waals surface area contributed by atoms with Crippen LogP contribution in [0.1, 0.15) is 30.7 Å². The fraction of sp³-hybridized carbons (Fsp3) is 0.429. The van der Waals surface area contributed by atoms with Gasteiger partial charge in [-0.2, -0.15) is 0 Å². The molecule has 0 atom stereocenters. The van der Waals surface area contributed by atoms with Gasteiger partial charge in [0, 0.05) is 37.6 Å². The molecule has 1 aromatic rings. The fourth-order valence-electron chi connectivity index (χ4n) is 2.31. The molecule has 1 saturated heterocycles. The van der Waals surface area contributed by atoms with E-state index in [1.165, 1.54) is 4.88 Å². The van der Waals surface area contributed by atoms with Crippen molar-refractivity contribution in [2.75, 3.05) is 38.0 Å². The minimum absolute atomic E-state index is 0.549. The number of aryl methyl sites for hydroxylation is 1. The molecule has 148 valence electrons. The average Bonchev–Trinajstić information content (AvgIpc) is 3.10. The number of carbonyl (C=O) groups is 1. The lowest BCUT2D eigenvalue weighted by molar-refractivity contribution is -0.119. The van der Waals surface area contributed by atoms with Crippen LogP contribution in [-0.2, 0) is 4.79 Å². The molecule has 2 rings (SSSR count). The van der Waals surface area contributed by atoms with Gasteiger partial charge in [0.15, 0.2) is 0 Å². The van der Waals surface area contributed by atoms with Gasteiger partial charge in [0.05, 0.1) is 10.6 Å². The van der Waals surface area contributed by atoms with Crippen LogP contribution < -0.4 is 5.32 Å². The molecule has 0 unspecified atom stereocenters. The molecular weight excluding hydrogens is 356 g/mol. The van der Waals surface area contributed by atoms with E-state index in [0.29, 0.717) is 18.9 Å². The number of nitrogens with one attached hydrogen (secondary N) is 2. The fourth-order valence-corrected chi connectivity index (χ4v) is 3.23. The smallest absolute Gasteiger partial charge is 0.209 e. The lowest BCUT2D eigenvalue weighted by atomic mass is 10.2. The van der Waals surface area contributed by atoms with Crippen molar-refractivity contribution >= 4 is 28.6 Å². The Kier molecular flexibility index (Phi) is 13.3. The number of thiophene rings is 1. The molecule has 0 bridgehead atoms. The van der Waals surface area contributed by atoms with E-state index in [1.54, 1.807) is 16.2 Å². The molecule has 0 aromatic carbocycles. The van der Waals surface area contributed by atoms with Crippen LogP contribution in [-0.4, -0.2) is 54.8 Å². The first-order valence-electron chi connectivity index (χ1n) is 9.00. The lowest BCUT2D eigenvalue weighted by Gasteiger charge is -2.34. The zero-order valence-electron chi connectivity index (χ0n) is 16.7. The molecule has 1 aliphatic heterocycles. The van der Waals surface area contributed by atoms with Crippen LogP contribution in [0.25, 0.3) is 0 Å². The highest BCUT2D eigenvalue weighted by molar-refractivity contribution is 7.16. The summed E-state index contributed by atoms with van der Waals surface area (Å²) in [4.78, 5) is 15.7. The number of amidine groups is 1. The van der Waals surface area contributed by atoms with Crippen LogP contribution in [0.3, 0.4) is 0 Å². The number of terminal acetylenes is 1. The molecule has 0 radical (unpaired) electrons. The summed E-state index contributed by atoms with van der Waals surface area (Å²) < 4.78 is 0. The molecule has 1 amide bonds. The summed E-state index contributed by atoms with van der Waals surface area (Å²) in [5, 5.41) is 12.9. The molecule has 1 aromatic heterocycles. The van der Waals surface area contributed by atoms with Gasteiger partial charge >= 0.3 is 0 Å². The Labute approximate surface area is 168 Å². The number of carbonyl (C=O) groups excluding carboxylic acids is 1. The second-order valence-corrected chi connectivity index (χ2v) is 6.98. The van der Waals surface area contributed by atoms with Gasteiger partial charge in [-0.05, 0) is 26.3 Å². The maximum Gasteiger partial charge on any atom is 0.209 e. The Hall–Kier alpha value is -2.52. The molecule has 1 aliphatic rings. The number of rotatable bonds is 6. The SMILES string of the molecule is C#C.C/C=C\CNc1sc(C)cc1C(=N)N1CCN(C=O)CC1.C=CCC. The molecule has 2 heterocycles. The Bertz CT molecular complexity index is 625. The van der Waals surface area contributed by atoms with Crippen LogP contribution >= 0.6 is 11.3 Å². The van der Waals surface area contributed by atoms with E-state index in [-0.39, 0.29) is 0 Å². The number of anilines is 1. The van der Waals surface area contributed by atoms with Crippen molar-refractivity contribution in [3.05, 3.63) is 41.3 Å². The average molecular weight is 389 g/mol. The summed E-state index contributed by atoms with van der Waals surface area (Å²) in [6.45, 7) is 13.2. The van der Waals surface area contributed by atoms with Gasteiger partial charge < -0.3 is 15.1 Å². The second-order valence-electron chi connectivity index (χ2n) is 5.72. The number of nitrogens with zero attached hydrogens (tertiary/aromatic N) is 2. The molecule has 6 heteroatoms. The first-order chi connectivity index (χ1) is 13.1. The third-order valence-electron chi connectivity index (χ3n) is 3.79. The standard InChI is InChI=1S/C15H22N4OS.C4H8.C2H2/c1-3-4-5-17-15-13(10-12(2)21-15)14(16)19-8-6-18(11-20)7-9-19;1-3-4-2;1-2/h3-4,10-11,16-17H,5-9H2,1-2H3;3H,1,4H2,2H3;1-2H/b4-3-,16-14?;;. The Morgan fingerprint density at radius 1 is 1.37 bits per heavy atom. The molecule has 0 aliphatic carbocycles. The predicted octanol–water partition coefficient (Wildman–Crippen LogP) is 3.98. The normalized spacial score (nSPS) is 13.1. The molecule has 0 saturated carbocycles. The molecule has 27 heavy (non-hydrogen) atoms. The van der Waals surface area contributed by atoms with Crippen molar-refractivity contribution in [2.45, 2.75) is 27.2 Å². The maximum atomic E-state index is 10.7. The van der Waals surface area contributed by atoms with E-state index < -0.39 is 0 Å². The van der Waals surface area contributed by atoms with E-state index >= 15 is 0 Å². The van der Waals surface area contributed by atoms with Crippen molar-refractivity contribution in [3.63, 3.8) is 0 Å². The third kappa shape index (κ3) is 8.61. The van der Waals surface area contributed by atoms with Gasteiger partial charge in [0.2, 0.25) is 6.41 Å². The van der Waals surface area contributed by atoms with E-state index in [1.807, 2.05) is 24.0 Å². The van der Waals surface area contributed by atoms with E-state index in [4.69, 9.17) is 5.41 Å². The number of hydrogen-bond donors (Lipinski definition) is 2. The second kappa shape index (κ2) is 14.6. The first-order valence-corrected chi connectivity index (χ1v) is 9.81. The summed E-state index contributed by atoms with van der Waals surface area (Å²) >= 11 is 1.68. The van der Waals surface area contributed by atoms with Gasteiger partial charge in [-0.3, -0.25) is 10.2 Å². The zero-order valence-corrected chi connectivity index (χ0v) is 17.5.